The first kappa shape index (κ1) is 21.1. The Balaban J connectivity index is 0.000000549. The molecule has 0 fully saturated rings. The number of rotatable bonds is 0. The first-order valence-electron chi connectivity index (χ1n) is 11.6. The van der Waals surface area contributed by atoms with Gasteiger partial charge in [0.1, 0.15) is 0 Å². The largest absolute Gasteiger partial charge is 0.0725 e. The first-order valence-corrected chi connectivity index (χ1v) is 11.6. The van der Waals surface area contributed by atoms with E-state index in [-0.39, 0.29) is 5.41 Å². The number of benzene rings is 4. The molecule has 0 aromatic heterocycles. The fraction of sp³-hybridized carbons (Fsp3) is 0.226. The summed E-state index contributed by atoms with van der Waals surface area (Å²) < 4.78 is 0. The lowest BCUT2D eigenvalue weighted by Gasteiger charge is -2.30. The second kappa shape index (κ2) is 8.19. The van der Waals surface area contributed by atoms with Crippen molar-refractivity contribution in [3.63, 3.8) is 0 Å². The average Bonchev–Trinajstić information content (AvgIpc) is 3.28. The minimum absolute atomic E-state index is 0.197. The monoisotopic (exact) mass is 404 g/mol. The molecule has 31 heavy (non-hydrogen) atoms. The predicted molar refractivity (Wildman–Crippen MR) is 135 cm³/mol. The molecule has 6 rings (SSSR count). The van der Waals surface area contributed by atoms with Crippen LogP contribution in [-0.4, -0.2) is 0 Å². The molecule has 0 amide bonds. The van der Waals surface area contributed by atoms with E-state index in [0.29, 0.717) is 0 Å². The summed E-state index contributed by atoms with van der Waals surface area (Å²) in [6.07, 6.45) is 0. The molecular formula is C31H32. The highest BCUT2D eigenvalue weighted by atomic mass is 14.5. The van der Waals surface area contributed by atoms with E-state index in [4.69, 9.17) is 0 Å². The van der Waals surface area contributed by atoms with E-state index in [2.05, 4.69) is 98.8 Å². The highest BCUT2D eigenvalue weighted by Crippen LogP contribution is 2.62. The molecule has 0 heteroatoms. The molecule has 0 saturated heterocycles. The number of fused-ring (bicyclic) bond motifs is 10. The zero-order chi connectivity index (χ0) is 22.2. The summed E-state index contributed by atoms with van der Waals surface area (Å²) in [5.41, 5.74) is 13.6. The van der Waals surface area contributed by atoms with Gasteiger partial charge in [0, 0.05) is 0 Å². The van der Waals surface area contributed by atoms with E-state index in [0.717, 1.165) is 0 Å². The summed E-state index contributed by atoms with van der Waals surface area (Å²) >= 11 is 0. The van der Waals surface area contributed by atoms with Crippen molar-refractivity contribution in [1.29, 1.82) is 0 Å². The number of hydrogen-bond donors (Lipinski definition) is 0. The van der Waals surface area contributed by atoms with Crippen LogP contribution in [0.1, 0.15) is 61.1 Å². The summed E-state index contributed by atoms with van der Waals surface area (Å²) in [6, 6.07) is 31.9. The Labute approximate surface area is 187 Å². The Morgan fingerprint density at radius 2 is 0.871 bits per heavy atom. The van der Waals surface area contributed by atoms with Crippen molar-refractivity contribution in [3.8, 4) is 22.3 Å². The van der Waals surface area contributed by atoms with Gasteiger partial charge in [-0.1, -0.05) is 124 Å². The zero-order valence-corrected chi connectivity index (χ0v) is 19.6. The molecule has 0 unspecified atom stereocenters. The molecule has 0 aliphatic heterocycles. The molecule has 2 aliphatic rings. The van der Waals surface area contributed by atoms with Gasteiger partial charge in [-0.15, -0.1) is 0 Å². The Bertz CT molecular complexity index is 1200. The van der Waals surface area contributed by atoms with Crippen LogP contribution in [0, 0.1) is 13.8 Å². The number of hydrogen-bond acceptors (Lipinski definition) is 0. The van der Waals surface area contributed by atoms with Gasteiger partial charge in [0.25, 0.3) is 0 Å². The lowest BCUT2D eigenvalue weighted by Crippen LogP contribution is -2.25. The summed E-state index contributed by atoms with van der Waals surface area (Å²) in [7, 11) is 0. The Morgan fingerprint density at radius 3 is 1.48 bits per heavy atom. The fourth-order valence-corrected chi connectivity index (χ4v) is 5.37. The van der Waals surface area contributed by atoms with Gasteiger partial charge in [-0.05, 0) is 58.4 Å². The molecule has 0 bridgehead atoms. The number of aryl methyl sites for hydroxylation is 2. The minimum atomic E-state index is -0.197. The van der Waals surface area contributed by atoms with E-state index in [1.54, 1.807) is 0 Å². The van der Waals surface area contributed by atoms with E-state index >= 15 is 0 Å². The zero-order valence-electron chi connectivity index (χ0n) is 19.6. The topological polar surface area (TPSA) is 0 Å². The van der Waals surface area contributed by atoms with Gasteiger partial charge in [0.15, 0.2) is 0 Å². The van der Waals surface area contributed by atoms with Crippen molar-refractivity contribution < 1.29 is 0 Å². The molecule has 4 aromatic rings. The lowest BCUT2D eigenvalue weighted by molar-refractivity contribution is 0.792. The molecule has 4 aromatic carbocycles. The molecule has 0 N–H and O–H groups in total. The van der Waals surface area contributed by atoms with E-state index in [1.807, 2.05) is 27.7 Å². The van der Waals surface area contributed by atoms with Gasteiger partial charge >= 0.3 is 0 Å². The molecule has 156 valence electrons. The molecule has 0 heterocycles. The second-order valence-electron chi connectivity index (χ2n) is 7.94. The van der Waals surface area contributed by atoms with Crippen molar-refractivity contribution >= 4 is 0 Å². The van der Waals surface area contributed by atoms with Crippen LogP contribution in [0.2, 0.25) is 0 Å². The molecule has 0 radical (unpaired) electrons. The van der Waals surface area contributed by atoms with Gasteiger partial charge in [0.05, 0.1) is 5.41 Å². The van der Waals surface area contributed by atoms with Crippen LogP contribution in [0.25, 0.3) is 22.3 Å². The Hall–Kier alpha value is -3.12. The van der Waals surface area contributed by atoms with Crippen LogP contribution in [0.5, 0.6) is 0 Å². The highest BCUT2D eigenvalue weighted by Gasteiger charge is 2.51. The fourth-order valence-electron chi connectivity index (χ4n) is 5.37. The van der Waals surface area contributed by atoms with Gasteiger partial charge in [-0.3, -0.25) is 0 Å². The molecule has 0 atom stereocenters. The minimum Gasteiger partial charge on any atom is -0.0683 e. The average molecular weight is 405 g/mol. The second-order valence-corrected chi connectivity index (χ2v) is 7.94. The van der Waals surface area contributed by atoms with Crippen molar-refractivity contribution in [2.45, 2.75) is 47.0 Å². The maximum Gasteiger partial charge on any atom is 0.0725 e. The van der Waals surface area contributed by atoms with Crippen molar-refractivity contribution in [3.05, 3.63) is 118 Å². The van der Waals surface area contributed by atoms with Crippen LogP contribution in [-0.2, 0) is 5.41 Å². The van der Waals surface area contributed by atoms with Crippen LogP contribution in [0.3, 0.4) is 0 Å². The maximum absolute atomic E-state index is 2.41. The van der Waals surface area contributed by atoms with Crippen molar-refractivity contribution in [1.82, 2.24) is 0 Å². The van der Waals surface area contributed by atoms with Crippen LogP contribution >= 0.6 is 0 Å². The van der Waals surface area contributed by atoms with Crippen molar-refractivity contribution in [2.24, 2.45) is 0 Å². The predicted octanol–water partition coefficient (Wildman–Crippen LogP) is 8.70. The molecule has 1 spiro atoms. The molecule has 2 aliphatic carbocycles. The van der Waals surface area contributed by atoms with E-state index in [1.165, 1.54) is 55.6 Å². The van der Waals surface area contributed by atoms with Gasteiger partial charge < -0.3 is 0 Å². The third-order valence-corrected chi connectivity index (χ3v) is 6.40. The maximum atomic E-state index is 2.41. The van der Waals surface area contributed by atoms with Crippen LogP contribution in [0.15, 0.2) is 84.9 Å². The third-order valence-electron chi connectivity index (χ3n) is 6.40. The van der Waals surface area contributed by atoms with Gasteiger partial charge in [-0.25, -0.2) is 0 Å². The Morgan fingerprint density at radius 1 is 0.419 bits per heavy atom. The van der Waals surface area contributed by atoms with Gasteiger partial charge in [0.2, 0.25) is 0 Å². The van der Waals surface area contributed by atoms with Crippen LogP contribution < -0.4 is 0 Å². The van der Waals surface area contributed by atoms with E-state index < -0.39 is 0 Å². The summed E-state index contributed by atoms with van der Waals surface area (Å²) in [4.78, 5) is 0. The van der Waals surface area contributed by atoms with Gasteiger partial charge in [-0.2, -0.15) is 0 Å². The summed E-state index contributed by atoms with van der Waals surface area (Å²) in [6.45, 7) is 12.4. The smallest absolute Gasteiger partial charge is 0.0683 e. The van der Waals surface area contributed by atoms with E-state index in [9.17, 15) is 0 Å². The Kier molecular flexibility index (Phi) is 5.58. The normalized spacial score (nSPS) is 13.1. The molecular weight excluding hydrogens is 372 g/mol. The van der Waals surface area contributed by atoms with Crippen molar-refractivity contribution in [2.75, 3.05) is 0 Å². The third kappa shape index (κ3) is 2.82. The first-order chi connectivity index (χ1) is 15.2. The molecule has 0 nitrogen and oxygen atoms in total. The summed E-state index contributed by atoms with van der Waals surface area (Å²) in [5, 5.41) is 0. The lowest BCUT2D eigenvalue weighted by atomic mass is 9.70. The standard InChI is InChI=1S/C27H20.2C2H6/c1-17-12-14-25-22(15-17)21-13-11-18(2)16-26(21)27(25)23-9-5-3-7-19(23)20-8-4-6-10-24(20)27;2*1-2/h3-16H,1-2H3;2*1-2H3. The SMILES string of the molecule is CC.CC.Cc1ccc2c(c1)-c1ccc(C)cc1C21c2ccccc2-c2ccccc21. The highest BCUT2D eigenvalue weighted by molar-refractivity contribution is 5.95. The quantitative estimate of drug-likeness (QED) is 0.237. The molecule has 0 saturated carbocycles. The summed E-state index contributed by atoms with van der Waals surface area (Å²) in [5.74, 6) is 0. The van der Waals surface area contributed by atoms with Crippen LogP contribution in [0.4, 0.5) is 0 Å².